The summed E-state index contributed by atoms with van der Waals surface area (Å²) in [5.41, 5.74) is 9.57. The van der Waals surface area contributed by atoms with Gasteiger partial charge in [0.05, 0.1) is 4.92 Å². The van der Waals surface area contributed by atoms with Gasteiger partial charge >= 0.3 is 0 Å². The highest BCUT2D eigenvalue weighted by atomic mass is 79.9. The first-order chi connectivity index (χ1) is 10.4. The number of carbonyl (C=O) groups is 2. The van der Waals surface area contributed by atoms with E-state index >= 15 is 0 Å². The monoisotopic (exact) mass is 367 g/mol. The van der Waals surface area contributed by atoms with Gasteiger partial charge in [-0.15, -0.1) is 0 Å². The van der Waals surface area contributed by atoms with Crippen LogP contribution in [0.1, 0.15) is 20.8 Å². The Balaban J connectivity index is 2.05. The van der Waals surface area contributed by atoms with E-state index in [4.69, 9.17) is 5.73 Å². The average molecular weight is 368 g/mol. The number of hydrazine groups is 1. The second-order valence-corrected chi connectivity index (χ2v) is 5.09. The molecule has 0 bridgehead atoms. The molecule has 2 rings (SSSR count). The van der Waals surface area contributed by atoms with Crippen LogP contribution in [0.4, 0.5) is 11.4 Å². The molecular formula is C12H10BrN5O4. The lowest BCUT2D eigenvalue weighted by Crippen LogP contribution is -2.41. The molecule has 0 radical (unpaired) electrons. The van der Waals surface area contributed by atoms with E-state index in [1.54, 1.807) is 6.20 Å². The molecule has 5 N–H and O–H groups in total. The van der Waals surface area contributed by atoms with Crippen LogP contribution in [0, 0.1) is 10.1 Å². The number of nitro groups is 1. The molecule has 1 heterocycles. The van der Waals surface area contributed by atoms with E-state index in [0.29, 0.717) is 4.47 Å². The van der Waals surface area contributed by atoms with E-state index in [2.05, 4.69) is 31.8 Å². The van der Waals surface area contributed by atoms with Crippen LogP contribution in [0.2, 0.25) is 0 Å². The second kappa shape index (κ2) is 6.26. The Kier molecular flexibility index (Phi) is 4.41. The van der Waals surface area contributed by atoms with Gasteiger partial charge < -0.3 is 10.7 Å². The molecule has 0 saturated carbocycles. The Morgan fingerprint density at radius 1 is 1.23 bits per heavy atom. The fourth-order valence-corrected chi connectivity index (χ4v) is 1.94. The molecule has 9 nitrogen and oxygen atoms in total. The summed E-state index contributed by atoms with van der Waals surface area (Å²) < 4.78 is 0.679. The first-order valence-corrected chi connectivity index (χ1v) is 6.66. The number of nitrogens with zero attached hydrogens (tertiary/aromatic N) is 1. The number of benzene rings is 1. The minimum absolute atomic E-state index is 0.00568. The molecule has 2 aromatic rings. The molecule has 114 valence electrons. The predicted octanol–water partition coefficient (Wildman–Crippen LogP) is 1.34. The third-order valence-electron chi connectivity index (χ3n) is 2.67. The van der Waals surface area contributed by atoms with Crippen molar-refractivity contribution in [3.8, 4) is 0 Å². The molecule has 22 heavy (non-hydrogen) atoms. The molecule has 0 fully saturated rings. The lowest BCUT2D eigenvalue weighted by Gasteiger charge is -2.07. The topological polar surface area (TPSA) is 143 Å². The largest absolute Gasteiger partial charge is 0.393 e. The summed E-state index contributed by atoms with van der Waals surface area (Å²) in [5, 5.41) is 10.8. The van der Waals surface area contributed by atoms with Crippen LogP contribution in [-0.2, 0) is 0 Å². The molecule has 10 heteroatoms. The summed E-state index contributed by atoms with van der Waals surface area (Å²) in [6.07, 6.45) is 1.56. The van der Waals surface area contributed by atoms with Crippen molar-refractivity contribution in [2.24, 2.45) is 0 Å². The smallest absolute Gasteiger partial charge is 0.292 e. The number of rotatable bonds is 3. The zero-order valence-electron chi connectivity index (χ0n) is 10.9. The summed E-state index contributed by atoms with van der Waals surface area (Å²) in [5.74, 6) is -1.27. The molecule has 0 aliphatic carbocycles. The second-order valence-electron chi connectivity index (χ2n) is 4.17. The fourth-order valence-electron chi connectivity index (χ4n) is 1.60. The Hall–Kier alpha value is -2.88. The van der Waals surface area contributed by atoms with Crippen molar-refractivity contribution < 1.29 is 14.5 Å². The van der Waals surface area contributed by atoms with Crippen LogP contribution in [0.15, 0.2) is 34.9 Å². The number of anilines is 1. The van der Waals surface area contributed by atoms with Crippen LogP contribution >= 0.6 is 15.9 Å². The molecule has 0 spiro atoms. The molecule has 2 amide bonds. The number of aromatic amines is 1. The van der Waals surface area contributed by atoms with E-state index in [9.17, 15) is 19.7 Å². The maximum atomic E-state index is 11.9. The highest BCUT2D eigenvalue weighted by molar-refractivity contribution is 9.10. The lowest BCUT2D eigenvalue weighted by atomic mass is 10.1. The standard InChI is InChI=1S/C12H10BrN5O4/c13-7-4-9(15-5-7)12(20)17-16-11(19)6-1-2-8(14)10(3-6)18(21)22/h1-5,15H,14H2,(H,16,19)(H,17,20). The number of nitrogens with two attached hydrogens (primary N) is 1. The van der Waals surface area contributed by atoms with E-state index in [1.807, 2.05) is 0 Å². The van der Waals surface area contributed by atoms with Crippen LogP contribution < -0.4 is 16.6 Å². The van der Waals surface area contributed by atoms with Gasteiger partial charge in [-0.25, -0.2) is 0 Å². The van der Waals surface area contributed by atoms with Gasteiger partial charge in [-0.2, -0.15) is 0 Å². The normalized spacial score (nSPS) is 10.0. The number of nitrogens with one attached hydrogen (secondary N) is 3. The van der Waals surface area contributed by atoms with Gasteiger partial charge in [0.25, 0.3) is 17.5 Å². The van der Waals surface area contributed by atoms with Gasteiger partial charge in [0, 0.05) is 22.3 Å². The number of aromatic nitrogens is 1. The summed E-state index contributed by atoms with van der Waals surface area (Å²) >= 11 is 3.17. The van der Waals surface area contributed by atoms with Crippen molar-refractivity contribution in [2.45, 2.75) is 0 Å². The van der Waals surface area contributed by atoms with E-state index in [0.717, 1.165) is 6.07 Å². The molecule has 0 aliphatic heterocycles. The number of halogens is 1. The third kappa shape index (κ3) is 3.41. The highest BCUT2D eigenvalue weighted by Gasteiger charge is 2.16. The fraction of sp³-hybridized carbons (Fsp3) is 0. The SMILES string of the molecule is Nc1ccc(C(=O)NNC(=O)c2cc(Br)c[nH]2)cc1[N+](=O)[O-]. The number of hydrogen-bond donors (Lipinski definition) is 4. The van der Waals surface area contributed by atoms with Crippen molar-refractivity contribution in [2.75, 3.05) is 5.73 Å². The van der Waals surface area contributed by atoms with Crippen LogP contribution in [-0.4, -0.2) is 21.7 Å². The van der Waals surface area contributed by atoms with Crippen molar-refractivity contribution in [1.29, 1.82) is 0 Å². The quantitative estimate of drug-likeness (QED) is 0.367. The number of nitro benzene ring substituents is 1. The summed E-state index contributed by atoms with van der Waals surface area (Å²) in [6, 6.07) is 5.11. The van der Waals surface area contributed by atoms with E-state index < -0.39 is 16.7 Å². The molecule has 0 aliphatic rings. The first kappa shape index (κ1) is 15.5. The number of hydrogen-bond acceptors (Lipinski definition) is 5. The van der Waals surface area contributed by atoms with Crippen molar-refractivity contribution >= 4 is 39.1 Å². The first-order valence-electron chi connectivity index (χ1n) is 5.87. The Morgan fingerprint density at radius 3 is 2.50 bits per heavy atom. The zero-order chi connectivity index (χ0) is 16.3. The molecule has 0 unspecified atom stereocenters. The Labute approximate surface area is 132 Å². The summed E-state index contributed by atoms with van der Waals surface area (Å²) in [7, 11) is 0. The minimum Gasteiger partial charge on any atom is -0.393 e. The Bertz CT molecular complexity index is 758. The highest BCUT2D eigenvalue weighted by Crippen LogP contribution is 2.22. The van der Waals surface area contributed by atoms with Crippen molar-refractivity contribution in [3.05, 3.63) is 56.3 Å². The van der Waals surface area contributed by atoms with Crippen LogP contribution in [0.3, 0.4) is 0 Å². The van der Waals surface area contributed by atoms with Gasteiger partial charge in [0.2, 0.25) is 0 Å². The molecule has 0 saturated heterocycles. The van der Waals surface area contributed by atoms with Gasteiger partial charge in [-0.3, -0.25) is 30.6 Å². The molecule has 1 aromatic carbocycles. The minimum atomic E-state index is -0.706. The number of carbonyl (C=O) groups excluding carboxylic acids is 2. The number of H-pyrrole nitrogens is 1. The predicted molar refractivity (Wildman–Crippen MR) is 80.9 cm³/mol. The van der Waals surface area contributed by atoms with E-state index in [-0.39, 0.29) is 22.6 Å². The van der Waals surface area contributed by atoms with Gasteiger partial charge in [-0.1, -0.05) is 0 Å². The maximum absolute atomic E-state index is 11.9. The maximum Gasteiger partial charge on any atom is 0.292 e. The van der Waals surface area contributed by atoms with Gasteiger partial charge in [0.1, 0.15) is 11.4 Å². The molecule has 1 aromatic heterocycles. The Morgan fingerprint density at radius 2 is 1.91 bits per heavy atom. The van der Waals surface area contributed by atoms with Gasteiger partial charge in [-0.05, 0) is 34.1 Å². The summed E-state index contributed by atoms with van der Waals surface area (Å²) in [6.45, 7) is 0. The summed E-state index contributed by atoms with van der Waals surface area (Å²) in [4.78, 5) is 36.3. The molecule has 0 atom stereocenters. The van der Waals surface area contributed by atoms with Crippen molar-refractivity contribution in [1.82, 2.24) is 15.8 Å². The number of amides is 2. The van der Waals surface area contributed by atoms with Gasteiger partial charge in [0.15, 0.2) is 0 Å². The lowest BCUT2D eigenvalue weighted by molar-refractivity contribution is -0.383. The average Bonchev–Trinajstić information content (AvgIpc) is 2.91. The zero-order valence-corrected chi connectivity index (χ0v) is 12.5. The number of nitrogen functional groups attached to an aromatic ring is 1. The third-order valence-corrected chi connectivity index (χ3v) is 3.13. The van der Waals surface area contributed by atoms with Crippen LogP contribution in [0.25, 0.3) is 0 Å². The van der Waals surface area contributed by atoms with Crippen LogP contribution in [0.5, 0.6) is 0 Å². The molecular weight excluding hydrogens is 358 g/mol. The van der Waals surface area contributed by atoms with E-state index in [1.165, 1.54) is 18.2 Å². The van der Waals surface area contributed by atoms with Crippen molar-refractivity contribution in [3.63, 3.8) is 0 Å².